The zero-order valence-electron chi connectivity index (χ0n) is 8.07. The van der Waals surface area contributed by atoms with Crippen LogP contribution in [0.25, 0.3) is 0 Å². The Hall–Kier alpha value is -1.53. The largest absolute Gasteiger partial charge is 0.492 e. The molecule has 0 radical (unpaired) electrons. The maximum atomic E-state index is 10.4. The number of unbranched alkanes of at least 4 members (excludes halogenated alkanes) is 1. The second kappa shape index (κ2) is 6.05. The molecule has 0 fully saturated rings. The lowest BCUT2D eigenvalue weighted by molar-refractivity contribution is 0.112. The Morgan fingerprint density at radius 2 is 2.33 bits per heavy atom. The smallest absolute Gasteiger partial charge is 0.150 e. The van der Waals surface area contributed by atoms with E-state index in [0.717, 1.165) is 6.29 Å². The van der Waals surface area contributed by atoms with Crippen molar-refractivity contribution in [2.45, 2.75) is 12.8 Å². The van der Waals surface area contributed by atoms with Gasteiger partial charge in [0.05, 0.1) is 17.7 Å². The molecule has 1 aromatic rings. The zero-order chi connectivity index (χ0) is 11.1. The van der Waals surface area contributed by atoms with E-state index < -0.39 is 0 Å². The number of halogens is 1. The second-order valence-electron chi connectivity index (χ2n) is 2.92. The Kier molecular flexibility index (Phi) is 4.65. The molecule has 0 bridgehead atoms. The first kappa shape index (κ1) is 11.5. The topological polar surface area (TPSA) is 50.1 Å². The van der Waals surface area contributed by atoms with Gasteiger partial charge in [-0.05, 0) is 24.6 Å². The first-order valence-corrected chi connectivity index (χ1v) is 4.90. The predicted molar refractivity (Wildman–Crippen MR) is 57.2 cm³/mol. The second-order valence-corrected chi connectivity index (χ2v) is 3.33. The van der Waals surface area contributed by atoms with Crippen LogP contribution in [0, 0.1) is 11.3 Å². The summed E-state index contributed by atoms with van der Waals surface area (Å²) >= 11 is 5.87. The number of carbonyl (C=O) groups is 1. The average molecular weight is 224 g/mol. The number of hydrogen-bond donors (Lipinski definition) is 0. The summed E-state index contributed by atoms with van der Waals surface area (Å²) in [4.78, 5) is 10.4. The molecule has 0 atom stereocenters. The van der Waals surface area contributed by atoms with Crippen molar-refractivity contribution in [1.82, 2.24) is 0 Å². The summed E-state index contributed by atoms with van der Waals surface area (Å²) in [5.41, 5.74) is 0.518. The normalized spacial score (nSPS) is 9.33. The molecular weight excluding hydrogens is 214 g/mol. The van der Waals surface area contributed by atoms with Crippen LogP contribution in [0.15, 0.2) is 18.2 Å². The van der Waals surface area contributed by atoms with Gasteiger partial charge in [0, 0.05) is 12.0 Å². The molecule has 0 saturated carbocycles. The minimum atomic E-state index is 0.413. The fourth-order valence-electron chi connectivity index (χ4n) is 1.04. The Labute approximate surface area is 93.2 Å². The SMILES string of the molecule is N#CCCCOc1ccc(C=O)cc1Cl. The van der Waals surface area contributed by atoms with E-state index in [1.54, 1.807) is 18.2 Å². The fourth-order valence-corrected chi connectivity index (χ4v) is 1.28. The summed E-state index contributed by atoms with van der Waals surface area (Å²) in [7, 11) is 0. The number of hydrogen-bond acceptors (Lipinski definition) is 3. The summed E-state index contributed by atoms with van der Waals surface area (Å²) in [6.07, 6.45) is 1.86. The summed E-state index contributed by atoms with van der Waals surface area (Å²) < 4.78 is 5.34. The van der Waals surface area contributed by atoms with Gasteiger partial charge >= 0.3 is 0 Å². The molecule has 15 heavy (non-hydrogen) atoms. The molecule has 0 N–H and O–H groups in total. The fraction of sp³-hybridized carbons (Fsp3) is 0.273. The Morgan fingerprint density at radius 1 is 1.53 bits per heavy atom. The summed E-state index contributed by atoms with van der Waals surface area (Å²) in [5.74, 6) is 0.542. The average Bonchev–Trinajstić information content (AvgIpc) is 2.26. The molecule has 0 amide bonds. The standard InChI is InChI=1S/C11H10ClNO2/c12-10-7-9(8-14)3-4-11(10)15-6-2-1-5-13/h3-4,7-8H,1-2,6H2. The number of nitriles is 1. The van der Waals surface area contributed by atoms with Crippen molar-refractivity contribution < 1.29 is 9.53 Å². The van der Waals surface area contributed by atoms with Crippen molar-refractivity contribution >= 4 is 17.9 Å². The highest BCUT2D eigenvalue weighted by Crippen LogP contribution is 2.24. The lowest BCUT2D eigenvalue weighted by atomic mass is 10.2. The zero-order valence-corrected chi connectivity index (χ0v) is 8.83. The van der Waals surface area contributed by atoms with Crippen LogP contribution in [-0.4, -0.2) is 12.9 Å². The van der Waals surface area contributed by atoms with Crippen LogP contribution in [0.3, 0.4) is 0 Å². The third-order valence-electron chi connectivity index (χ3n) is 1.78. The van der Waals surface area contributed by atoms with Crippen molar-refractivity contribution in [3.8, 4) is 11.8 Å². The van der Waals surface area contributed by atoms with Crippen LogP contribution in [0.1, 0.15) is 23.2 Å². The highest BCUT2D eigenvalue weighted by Gasteiger charge is 2.02. The lowest BCUT2D eigenvalue weighted by Crippen LogP contribution is -1.97. The van der Waals surface area contributed by atoms with Crippen LogP contribution in [0.5, 0.6) is 5.75 Å². The van der Waals surface area contributed by atoms with Crippen molar-refractivity contribution in [1.29, 1.82) is 5.26 Å². The third-order valence-corrected chi connectivity index (χ3v) is 2.08. The lowest BCUT2D eigenvalue weighted by Gasteiger charge is -2.06. The Morgan fingerprint density at radius 3 is 2.93 bits per heavy atom. The Bertz CT molecular complexity index is 385. The first-order chi connectivity index (χ1) is 7.27. The molecule has 1 rings (SSSR count). The van der Waals surface area contributed by atoms with Gasteiger partial charge in [-0.25, -0.2) is 0 Å². The monoisotopic (exact) mass is 223 g/mol. The van der Waals surface area contributed by atoms with Gasteiger partial charge in [-0.3, -0.25) is 4.79 Å². The van der Waals surface area contributed by atoms with Gasteiger partial charge in [-0.2, -0.15) is 5.26 Å². The molecule has 78 valence electrons. The van der Waals surface area contributed by atoms with Gasteiger partial charge in [-0.1, -0.05) is 11.6 Å². The van der Waals surface area contributed by atoms with E-state index in [0.29, 0.717) is 35.8 Å². The summed E-state index contributed by atoms with van der Waals surface area (Å²) in [6.45, 7) is 0.452. The van der Waals surface area contributed by atoms with E-state index in [4.69, 9.17) is 21.6 Å². The van der Waals surface area contributed by atoms with E-state index in [-0.39, 0.29) is 0 Å². The van der Waals surface area contributed by atoms with Crippen LogP contribution >= 0.6 is 11.6 Å². The van der Waals surface area contributed by atoms with Crippen LogP contribution in [0.2, 0.25) is 5.02 Å². The predicted octanol–water partition coefficient (Wildman–Crippen LogP) is 2.84. The van der Waals surface area contributed by atoms with Gasteiger partial charge in [-0.15, -0.1) is 0 Å². The molecule has 4 heteroatoms. The number of rotatable bonds is 5. The number of aldehydes is 1. The molecule has 0 heterocycles. The van der Waals surface area contributed by atoms with E-state index in [2.05, 4.69) is 0 Å². The highest BCUT2D eigenvalue weighted by molar-refractivity contribution is 6.32. The van der Waals surface area contributed by atoms with Crippen molar-refractivity contribution in [2.75, 3.05) is 6.61 Å². The van der Waals surface area contributed by atoms with E-state index in [1.807, 2.05) is 6.07 Å². The Balaban J connectivity index is 2.55. The number of carbonyl (C=O) groups excluding carboxylic acids is 1. The first-order valence-electron chi connectivity index (χ1n) is 4.52. The third kappa shape index (κ3) is 3.61. The van der Waals surface area contributed by atoms with Gasteiger partial charge < -0.3 is 4.74 Å². The maximum absolute atomic E-state index is 10.4. The number of ether oxygens (including phenoxy) is 1. The molecule has 0 unspecified atom stereocenters. The molecule has 0 aromatic heterocycles. The molecule has 0 aliphatic rings. The number of nitrogens with zero attached hydrogens (tertiary/aromatic N) is 1. The van der Waals surface area contributed by atoms with Crippen molar-refractivity contribution in [3.63, 3.8) is 0 Å². The minimum Gasteiger partial charge on any atom is -0.492 e. The minimum absolute atomic E-state index is 0.413. The van der Waals surface area contributed by atoms with Crippen LogP contribution < -0.4 is 4.74 Å². The molecule has 3 nitrogen and oxygen atoms in total. The maximum Gasteiger partial charge on any atom is 0.150 e. The van der Waals surface area contributed by atoms with Gasteiger partial charge in [0.25, 0.3) is 0 Å². The molecule has 1 aromatic carbocycles. The van der Waals surface area contributed by atoms with Gasteiger partial charge in [0.2, 0.25) is 0 Å². The molecule has 0 aliphatic heterocycles. The van der Waals surface area contributed by atoms with Crippen LogP contribution in [-0.2, 0) is 0 Å². The van der Waals surface area contributed by atoms with Crippen molar-refractivity contribution in [2.24, 2.45) is 0 Å². The molecule has 0 saturated heterocycles. The summed E-state index contributed by atoms with van der Waals surface area (Å²) in [6, 6.07) is 6.87. The van der Waals surface area contributed by atoms with Crippen molar-refractivity contribution in [3.05, 3.63) is 28.8 Å². The molecule has 0 spiro atoms. The number of benzene rings is 1. The highest BCUT2D eigenvalue weighted by atomic mass is 35.5. The summed E-state index contributed by atoms with van der Waals surface area (Å²) in [5, 5.41) is 8.73. The molecule has 0 aliphatic carbocycles. The van der Waals surface area contributed by atoms with Gasteiger partial charge in [0.15, 0.2) is 0 Å². The van der Waals surface area contributed by atoms with E-state index >= 15 is 0 Å². The van der Waals surface area contributed by atoms with E-state index in [9.17, 15) is 4.79 Å². The van der Waals surface area contributed by atoms with Gasteiger partial charge in [0.1, 0.15) is 12.0 Å². The van der Waals surface area contributed by atoms with E-state index in [1.165, 1.54) is 0 Å². The quantitative estimate of drug-likeness (QED) is 0.570. The van der Waals surface area contributed by atoms with Crippen LogP contribution in [0.4, 0.5) is 0 Å². The molecular formula is C11H10ClNO2.